The average molecular weight is 226 g/mol. The van der Waals surface area contributed by atoms with Gasteiger partial charge in [0.25, 0.3) is 0 Å². The summed E-state index contributed by atoms with van der Waals surface area (Å²) in [6, 6.07) is 0. The smallest absolute Gasteiger partial charge is 0.248 e. The first-order valence-corrected chi connectivity index (χ1v) is 5.37. The van der Waals surface area contributed by atoms with Crippen LogP contribution in [-0.2, 0) is 14.3 Å². The molecule has 0 aliphatic carbocycles. The van der Waals surface area contributed by atoms with E-state index in [1.807, 2.05) is 6.92 Å². The van der Waals surface area contributed by atoms with Crippen molar-refractivity contribution in [1.82, 2.24) is 9.80 Å². The lowest BCUT2D eigenvalue weighted by Crippen LogP contribution is -2.51. The van der Waals surface area contributed by atoms with Gasteiger partial charge in [-0.3, -0.25) is 9.59 Å². The van der Waals surface area contributed by atoms with E-state index in [9.17, 15) is 9.59 Å². The van der Waals surface area contributed by atoms with Crippen molar-refractivity contribution in [2.75, 3.05) is 39.9 Å². The molecule has 16 heavy (non-hydrogen) atoms. The number of ether oxygens (including phenoxy) is 1. The van der Waals surface area contributed by atoms with Gasteiger partial charge in [-0.1, -0.05) is 6.08 Å². The van der Waals surface area contributed by atoms with Crippen LogP contribution in [0.4, 0.5) is 0 Å². The van der Waals surface area contributed by atoms with Crippen molar-refractivity contribution in [2.45, 2.75) is 6.92 Å². The first-order valence-electron chi connectivity index (χ1n) is 5.37. The second-order valence-electron chi connectivity index (χ2n) is 3.64. The van der Waals surface area contributed by atoms with Gasteiger partial charge in [-0.25, -0.2) is 0 Å². The van der Waals surface area contributed by atoms with Crippen molar-refractivity contribution in [3.63, 3.8) is 0 Å². The Morgan fingerprint density at radius 3 is 2.25 bits per heavy atom. The first kappa shape index (κ1) is 12.7. The van der Waals surface area contributed by atoms with Gasteiger partial charge in [0.15, 0.2) is 0 Å². The minimum Gasteiger partial charge on any atom is -0.375 e. The lowest BCUT2D eigenvalue weighted by molar-refractivity contribution is -0.140. The third-order valence-electron chi connectivity index (χ3n) is 2.52. The molecular formula is C11H18N2O3. The van der Waals surface area contributed by atoms with E-state index in [1.54, 1.807) is 22.0 Å². The highest BCUT2D eigenvalue weighted by Crippen LogP contribution is 2.03. The highest BCUT2D eigenvalue weighted by atomic mass is 16.5. The SMILES string of the molecule is CC=CC(=O)N1CCN(C(=O)COC)CC1. The maximum Gasteiger partial charge on any atom is 0.248 e. The van der Waals surface area contributed by atoms with Crippen LogP contribution in [-0.4, -0.2) is 61.5 Å². The van der Waals surface area contributed by atoms with Crippen LogP contribution in [0.2, 0.25) is 0 Å². The van der Waals surface area contributed by atoms with E-state index in [-0.39, 0.29) is 18.4 Å². The molecule has 0 bridgehead atoms. The van der Waals surface area contributed by atoms with E-state index in [0.29, 0.717) is 26.2 Å². The number of hydrogen-bond acceptors (Lipinski definition) is 3. The van der Waals surface area contributed by atoms with Crippen LogP contribution in [0.5, 0.6) is 0 Å². The molecule has 1 saturated heterocycles. The molecule has 0 radical (unpaired) electrons. The number of carbonyl (C=O) groups is 2. The standard InChI is InChI=1S/C11H18N2O3/c1-3-4-10(14)12-5-7-13(8-6-12)11(15)9-16-2/h3-4H,5-9H2,1-2H3. The molecule has 0 unspecified atom stereocenters. The molecule has 1 rings (SSSR count). The number of amides is 2. The molecular weight excluding hydrogens is 208 g/mol. The molecule has 0 saturated carbocycles. The van der Waals surface area contributed by atoms with Gasteiger partial charge in [-0.15, -0.1) is 0 Å². The summed E-state index contributed by atoms with van der Waals surface area (Å²) < 4.78 is 4.79. The Kier molecular flexibility index (Phi) is 4.98. The molecule has 5 heteroatoms. The maximum atomic E-state index is 11.5. The Labute approximate surface area is 95.6 Å². The van der Waals surface area contributed by atoms with Crippen LogP contribution >= 0.6 is 0 Å². The number of piperazine rings is 1. The molecule has 0 N–H and O–H groups in total. The second-order valence-corrected chi connectivity index (χ2v) is 3.64. The fourth-order valence-corrected chi connectivity index (χ4v) is 1.64. The molecule has 0 aromatic carbocycles. The largest absolute Gasteiger partial charge is 0.375 e. The predicted octanol–water partition coefficient (Wildman–Crippen LogP) is -0.120. The Bertz CT molecular complexity index is 281. The third-order valence-corrected chi connectivity index (χ3v) is 2.52. The van der Waals surface area contributed by atoms with Crippen molar-refractivity contribution < 1.29 is 14.3 Å². The molecule has 1 aliphatic heterocycles. The first-order chi connectivity index (χ1) is 7.69. The summed E-state index contributed by atoms with van der Waals surface area (Å²) in [5, 5.41) is 0. The van der Waals surface area contributed by atoms with Crippen molar-refractivity contribution in [3.05, 3.63) is 12.2 Å². The summed E-state index contributed by atoms with van der Waals surface area (Å²) in [5.41, 5.74) is 0. The lowest BCUT2D eigenvalue weighted by Gasteiger charge is -2.34. The van der Waals surface area contributed by atoms with E-state index in [1.165, 1.54) is 7.11 Å². The average Bonchev–Trinajstić information content (AvgIpc) is 2.30. The van der Waals surface area contributed by atoms with E-state index in [2.05, 4.69) is 0 Å². The molecule has 1 fully saturated rings. The monoisotopic (exact) mass is 226 g/mol. The van der Waals surface area contributed by atoms with Crippen molar-refractivity contribution in [3.8, 4) is 0 Å². The summed E-state index contributed by atoms with van der Waals surface area (Å²) in [6.45, 7) is 4.30. The van der Waals surface area contributed by atoms with Crippen LogP contribution < -0.4 is 0 Å². The van der Waals surface area contributed by atoms with Gasteiger partial charge in [-0.05, 0) is 13.0 Å². The number of allylic oxidation sites excluding steroid dienone is 1. The number of nitrogens with zero attached hydrogens (tertiary/aromatic N) is 2. The summed E-state index contributed by atoms with van der Waals surface area (Å²) in [6.07, 6.45) is 3.28. The summed E-state index contributed by atoms with van der Waals surface area (Å²) in [4.78, 5) is 26.5. The van der Waals surface area contributed by atoms with E-state index in [0.717, 1.165) is 0 Å². The van der Waals surface area contributed by atoms with E-state index in [4.69, 9.17) is 4.74 Å². The van der Waals surface area contributed by atoms with Gasteiger partial charge in [0.05, 0.1) is 0 Å². The van der Waals surface area contributed by atoms with Crippen LogP contribution in [0, 0.1) is 0 Å². The van der Waals surface area contributed by atoms with Crippen molar-refractivity contribution in [1.29, 1.82) is 0 Å². The summed E-state index contributed by atoms with van der Waals surface area (Å²) >= 11 is 0. The molecule has 0 aromatic rings. The highest BCUT2D eigenvalue weighted by molar-refractivity contribution is 5.87. The Balaban J connectivity index is 2.39. The summed E-state index contributed by atoms with van der Waals surface area (Å²) in [7, 11) is 1.50. The maximum absolute atomic E-state index is 11.5. The Morgan fingerprint density at radius 2 is 1.75 bits per heavy atom. The zero-order chi connectivity index (χ0) is 12.0. The van der Waals surface area contributed by atoms with Gasteiger partial charge >= 0.3 is 0 Å². The highest BCUT2D eigenvalue weighted by Gasteiger charge is 2.22. The van der Waals surface area contributed by atoms with Crippen LogP contribution in [0.15, 0.2) is 12.2 Å². The number of rotatable bonds is 3. The zero-order valence-corrected chi connectivity index (χ0v) is 9.81. The zero-order valence-electron chi connectivity index (χ0n) is 9.81. The molecule has 0 aromatic heterocycles. The number of methoxy groups -OCH3 is 1. The van der Waals surface area contributed by atoms with E-state index >= 15 is 0 Å². The molecule has 2 amide bonds. The quantitative estimate of drug-likeness (QED) is 0.630. The molecule has 1 aliphatic rings. The third kappa shape index (κ3) is 3.34. The van der Waals surface area contributed by atoms with Gasteiger partial charge in [-0.2, -0.15) is 0 Å². The second kappa shape index (κ2) is 6.27. The minimum atomic E-state index is -0.0133. The Morgan fingerprint density at radius 1 is 1.19 bits per heavy atom. The summed E-state index contributed by atoms with van der Waals surface area (Å²) in [5.74, 6) is 0.00183. The van der Waals surface area contributed by atoms with Crippen LogP contribution in [0.25, 0.3) is 0 Å². The molecule has 90 valence electrons. The number of carbonyl (C=O) groups excluding carboxylic acids is 2. The molecule has 5 nitrogen and oxygen atoms in total. The van der Waals surface area contributed by atoms with Gasteiger partial charge in [0.2, 0.25) is 11.8 Å². The molecule has 0 atom stereocenters. The predicted molar refractivity (Wildman–Crippen MR) is 59.9 cm³/mol. The molecule has 0 spiro atoms. The number of hydrogen-bond donors (Lipinski definition) is 0. The Hall–Kier alpha value is -1.36. The van der Waals surface area contributed by atoms with Crippen molar-refractivity contribution in [2.24, 2.45) is 0 Å². The van der Waals surface area contributed by atoms with Crippen molar-refractivity contribution >= 4 is 11.8 Å². The minimum absolute atomic E-state index is 0.0133. The fraction of sp³-hybridized carbons (Fsp3) is 0.636. The van der Waals surface area contributed by atoms with E-state index < -0.39 is 0 Å². The van der Waals surface area contributed by atoms with Crippen LogP contribution in [0.3, 0.4) is 0 Å². The normalized spacial score (nSPS) is 16.9. The van der Waals surface area contributed by atoms with Gasteiger partial charge in [0, 0.05) is 33.3 Å². The molecule has 1 heterocycles. The van der Waals surface area contributed by atoms with Crippen LogP contribution in [0.1, 0.15) is 6.92 Å². The van der Waals surface area contributed by atoms with Gasteiger partial charge < -0.3 is 14.5 Å². The fourth-order valence-electron chi connectivity index (χ4n) is 1.64. The lowest BCUT2D eigenvalue weighted by atomic mass is 10.3. The van der Waals surface area contributed by atoms with Gasteiger partial charge in [0.1, 0.15) is 6.61 Å². The topological polar surface area (TPSA) is 49.9 Å².